The molecule has 0 saturated heterocycles. The number of carbonyl (C=O) groups is 1. The van der Waals surface area contributed by atoms with Gasteiger partial charge >= 0.3 is 0 Å². The summed E-state index contributed by atoms with van der Waals surface area (Å²) in [7, 11) is 0. The van der Waals surface area contributed by atoms with E-state index < -0.39 is 0 Å². The first-order valence-corrected chi connectivity index (χ1v) is 7.78. The number of aryl methyl sites for hydroxylation is 2. The van der Waals surface area contributed by atoms with Gasteiger partial charge in [-0.25, -0.2) is 0 Å². The molecule has 1 aliphatic heterocycles. The average molecular weight is 294 g/mol. The van der Waals surface area contributed by atoms with Crippen LogP contribution in [0.15, 0.2) is 42.5 Å². The minimum absolute atomic E-state index is 0.0630. The van der Waals surface area contributed by atoms with Crippen LogP contribution in [0, 0.1) is 13.8 Å². The Hall–Kier alpha value is -2.13. The van der Waals surface area contributed by atoms with Crippen LogP contribution in [0.1, 0.15) is 22.3 Å². The van der Waals surface area contributed by atoms with Gasteiger partial charge in [0.15, 0.2) is 0 Å². The molecule has 0 saturated carbocycles. The number of hydrogen-bond donors (Lipinski definition) is 1. The smallest absolute Gasteiger partial charge is 0.238 e. The molecule has 0 radical (unpaired) electrons. The molecular weight excluding hydrogens is 272 g/mol. The highest BCUT2D eigenvalue weighted by atomic mass is 16.2. The van der Waals surface area contributed by atoms with E-state index in [1.807, 2.05) is 26.0 Å². The lowest BCUT2D eigenvalue weighted by Gasteiger charge is -2.28. The monoisotopic (exact) mass is 294 g/mol. The summed E-state index contributed by atoms with van der Waals surface area (Å²) < 4.78 is 0. The molecule has 0 fully saturated rings. The fourth-order valence-electron chi connectivity index (χ4n) is 2.95. The van der Waals surface area contributed by atoms with Crippen molar-refractivity contribution in [3.05, 3.63) is 64.7 Å². The average Bonchev–Trinajstić information content (AvgIpc) is 2.51. The Balaban J connectivity index is 1.62. The lowest BCUT2D eigenvalue weighted by molar-refractivity contribution is -0.117. The summed E-state index contributed by atoms with van der Waals surface area (Å²) in [6.07, 6.45) is 1.02. The van der Waals surface area contributed by atoms with Crippen molar-refractivity contribution in [2.45, 2.75) is 26.8 Å². The molecule has 0 unspecified atom stereocenters. The van der Waals surface area contributed by atoms with Gasteiger partial charge in [0.05, 0.1) is 6.54 Å². The van der Waals surface area contributed by atoms with E-state index in [9.17, 15) is 4.79 Å². The largest absolute Gasteiger partial charge is 0.325 e. The second-order valence-electron chi connectivity index (χ2n) is 6.10. The van der Waals surface area contributed by atoms with Crippen molar-refractivity contribution in [1.82, 2.24) is 4.90 Å². The van der Waals surface area contributed by atoms with Crippen molar-refractivity contribution in [1.29, 1.82) is 0 Å². The second kappa shape index (κ2) is 6.32. The molecule has 3 nitrogen and oxygen atoms in total. The number of nitrogens with one attached hydrogen (secondary N) is 1. The number of benzene rings is 2. The van der Waals surface area contributed by atoms with Gasteiger partial charge in [-0.15, -0.1) is 0 Å². The second-order valence-corrected chi connectivity index (χ2v) is 6.10. The Bertz CT molecular complexity index is 694. The number of fused-ring (bicyclic) bond motifs is 1. The summed E-state index contributed by atoms with van der Waals surface area (Å²) in [5.41, 5.74) is 5.93. The first kappa shape index (κ1) is 14.8. The molecule has 0 atom stereocenters. The van der Waals surface area contributed by atoms with Crippen molar-refractivity contribution < 1.29 is 4.79 Å². The Morgan fingerprint density at radius 1 is 1.14 bits per heavy atom. The van der Waals surface area contributed by atoms with E-state index in [2.05, 4.69) is 40.5 Å². The Morgan fingerprint density at radius 2 is 1.91 bits per heavy atom. The SMILES string of the molecule is Cc1ccc(C)c(NC(=O)CN2CCc3ccccc3C2)c1. The van der Waals surface area contributed by atoms with Crippen molar-refractivity contribution >= 4 is 11.6 Å². The van der Waals surface area contributed by atoms with E-state index >= 15 is 0 Å². The van der Waals surface area contributed by atoms with Crippen LogP contribution in [0.2, 0.25) is 0 Å². The summed E-state index contributed by atoms with van der Waals surface area (Å²) in [6, 6.07) is 14.6. The molecule has 0 bridgehead atoms. The first-order chi connectivity index (χ1) is 10.6. The van der Waals surface area contributed by atoms with Gasteiger partial charge in [-0.1, -0.05) is 36.4 Å². The van der Waals surface area contributed by atoms with E-state index in [-0.39, 0.29) is 5.91 Å². The normalized spacial score (nSPS) is 14.5. The summed E-state index contributed by atoms with van der Waals surface area (Å²) in [4.78, 5) is 14.5. The van der Waals surface area contributed by atoms with Crippen LogP contribution < -0.4 is 5.32 Å². The number of rotatable bonds is 3. The predicted molar refractivity (Wildman–Crippen MR) is 90.0 cm³/mol. The molecule has 1 amide bonds. The molecule has 22 heavy (non-hydrogen) atoms. The highest BCUT2D eigenvalue weighted by Crippen LogP contribution is 2.19. The predicted octanol–water partition coefficient (Wildman–Crippen LogP) is 3.30. The zero-order chi connectivity index (χ0) is 15.5. The summed E-state index contributed by atoms with van der Waals surface area (Å²) in [5.74, 6) is 0.0630. The van der Waals surface area contributed by atoms with Crippen LogP contribution in [0.5, 0.6) is 0 Å². The van der Waals surface area contributed by atoms with E-state index in [0.29, 0.717) is 6.54 Å². The third-order valence-corrected chi connectivity index (χ3v) is 4.24. The molecule has 3 rings (SSSR count). The van der Waals surface area contributed by atoms with Crippen LogP contribution in [-0.2, 0) is 17.8 Å². The maximum Gasteiger partial charge on any atom is 0.238 e. The Morgan fingerprint density at radius 3 is 2.73 bits per heavy atom. The molecule has 0 spiro atoms. The van der Waals surface area contributed by atoms with E-state index in [4.69, 9.17) is 0 Å². The molecule has 2 aromatic rings. The lowest BCUT2D eigenvalue weighted by Crippen LogP contribution is -2.37. The minimum Gasteiger partial charge on any atom is -0.325 e. The van der Waals surface area contributed by atoms with Crippen LogP contribution in [-0.4, -0.2) is 23.9 Å². The standard InChI is InChI=1S/C19H22N2O/c1-14-7-8-15(2)18(11-14)20-19(22)13-21-10-9-16-5-3-4-6-17(16)12-21/h3-8,11H,9-10,12-13H2,1-2H3,(H,20,22). The number of hydrogen-bond acceptors (Lipinski definition) is 2. The van der Waals surface area contributed by atoms with Crippen molar-refractivity contribution in [3.63, 3.8) is 0 Å². The van der Waals surface area contributed by atoms with Gasteiger partial charge in [0, 0.05) is 18.8 Å². The van der Waals surface area contributed by atoms with Gasteiger partial charge in [-0.2, -0.15) is 0 Å². The van der Waals surface area contributed by atoms with Crippen molar-refractivity contribution in [3.8, 4) is 0 Å². The van der Waals surface area contributed by atoms with Crippen LogP contribution >= 0.6 is 0 Å². The molecule has 0 aromatic heterocycles. The number of anilines is 1. The molecule has 0 aliphatic carbocycles. The third-order valence-electron chi connectivity index (χ3n) is 4.24. The first-order valence-electron chi connectivity index (χ1n) is 7.78. The van der Waals surface area contributed by atoms with Gasteiger partial charge in [0.25, 0.3) is 0 Å². The molecule has 1 aliphatic rings. The quantitative estimate of drug-likeness (QED) is 0.942. The van der Waals surface area contributed by atoms with Gasteiger partial charge in [0.1, 0.15) is 0 Å². The van der Waals surface area contributed by atoms with Crippen LogP contribution in [0.4, 0.5) is 5.69 Å². The maximum atomic E-state index is 12.3. The van der Waals surface area contributed by atoms with Gasteiger partial charge in [0.2, 0.25) is 5.91 Å². The summed E-state index contributed by atoms with van der Waals surface area (Å²) >= 11 is 0. The van der Waals surface area contributed by atoms with Gasteiger partial charge < -0.3 is 5.32 Å². The van der Waals surface area contributed by atoms with Crippen molar-refractivity contribution in [2.75, 3.05) is 18.4 Å². The van der Waals surface area contributed by atoms with E-state index in [1.165, 1.54) is 11.1 Å². The summed E-state index contributed by atoms with van der Waals surface area (Å²) in [6.45, 7) is 6.30. The molecule has 3 heteroatoms. The maximum absolute atomic E-state index is 12.3. The fraction of sp³-hybridized carbons (Fsp3) is 0.316. The van der Waals surface area contributed by atoms with E-state index in [0.717, 1.165) is 36.3 Å². The minimum atomic E-state index is 0.0630. The third kappa shape index (κ3) is 3.37. The molecule has 1 N–H and O–H groups in total. The fourth-order valence-corrected chi connectivity index (χ4v) is 2.95. The summed E-state index contributed by atoms with van der Waals surface area (Å²) in [5, 5.41) is 3.04. The number of nitrogens with zero attached hydrogens (tertiary/aromatic N) is 1. The van der Waals surface area contributed by atoms with Gasteiger partial charge in [-0.05, 0) is 48.6 Å². The van der Waals surface area contributed by atoms with Crippen LogP contribution in [0.3, 0.4) is 0 Å². The zero-order valence-corrected chi connectivity index (χ0v) is 13.2. The highest BCUT2D eigenvalue weighted by Gasteiger charge is 2.18. The van der Waals surface area contributed by atoms with E-state index in [1.54, 1.807) is 0 Å². The molecular formula is C19H22N2O. The Kier molecular flexibility index (Phi) is 4.25. The van der Waals surface area contributed by atoms with Crippen LogP contribution in [0.25, 0.3) is 0 Å². The lowest BCUT2D eigenvalue weighted by atomic mass is 10.00. The topological polar surface area (TPSA) is 32.3 Å². The number of carbonyl (C=O) groups excluding carboxylic acids is 1. The van der Waals surface area contributed by atoms with Crippen molar-refractivity contribution in [2.24, 2.45) is 0 Å². The van der Waals surface area contributed by atoms with Gasteiger partial charge in [-0.3, -0.25) is 9.69 Å². The number of amides is 1. The Labute approximate surface area is 132 Å². The molecule has 2 aromatic carbocycles. The molecule has 1 heterocycles. The highest BCUT2D eigenvalue weighted by molar-refractivity contribution is 5.93. The zero-order valence-electron chi connectivity index (χ0n) is 13.2. The molecule has 114 valence electrons.